The Balaban J connectivity index is 1.81. The molecule has 182 valence electrons. The van der Waals surface area contributed by atoms with Crippen LogP contribution in [0.3, 0.4) is 0 Å². The van der Waals surface area contributed by atoms with Crippen LogP contribution in [-0.4, -0.2) is 47.0 Å². The third kappa shape index (κ3) is 5.38. The van der Waals surface area contributed by atoms with E-state index in [0.29, 0.717) is 17.9 Å². The molecular formula is C25H26N4O5S. The fraction of sp³-hybridized carbons (Fsp3) is 0.200. The third-order valence-corrected chi connectivity index (χ3v) is 6.16. The third-order valence-electron chi connectivity index (χ3n) is 5.55. The van der Waals surface area contributed by atoms with Gasteiger partial charge < -0.3 is 19.0 Å². The zero-order chi connectivity index (χ0) is 25.2. The predicted molar refractivity (Wildman–Crippen MR) is 134 cm³/mol. The maximum atomic E-state index is 11.6. The summed E-state index contributed by atoms with van der Waals surface area (Å²) in [5.74, 6) is 0.613. The molecule has 0 fully saturated rings. The van der Waals surface area contributed by atoms with Crippen LogP contribution < -0.4 is 9.46 Å². The quantitative estimate of drug-likeness (QED) is 0.363. The molecule has 0 unspecified atom stereocenters. The number of imidazole rings is 1. The van der Waals surface area contributed by atoms with E-state index in [-0.39, 0.29) is 6.42 Å². The number of nitrogens with zero attached hydrogens (tertiary/aromatic N) is 3. The minimum atomic E-state index is -3.40. The Hall–Kier alpha value is -4.05. The largest absolute Gasteiger partial charge is 0.496 e. The lowest BCUT2D eigenvalue weighted by atomic mass is 10.1. The van der Waals surface area contributed by atoms with E-state index in [1.807, 2.05) is 52.6 Å². The van der Waals surface area contributed by atoms with Gasteiger partial charge >= 0.3 is 5.97 Å². The Bertz CT molecular complexity index is 1470. The van der Waals surface area contributed by atoms with Gasteiger partial charge in [0.15, 0.2) is 0 Å². The first-order valence-corrected chi connectivity index (χ1v) is 12.7. The highest BCUT2D eigenvalue weighted by atomic mass is 32.2. The molecule has 0 saturated carbocycles. The molecule has 0 aliphatic heterocycles. The van der Waals surface area contributed by atoms with Crippen molar-refractivity contribution in [3.8, 4) is 28.4 Å². The molecule has 0 amide bonds. The second-order valence-corrected chi connectivity index (χ2v) is 9.84. The first-order valence-electron chi connectivity index (χ1n) is 10.9. The normalized spacial score (nSPS) is 11.4. The standard InChI is InChI=1S/C25H26N4O5S/c1-17-26-14-15-28(17)21-8-11-22(24(16-21)34-2)23-12-9-20(10-13-25(30)31)29(23)19-6-4-18(5-7-19)27-35(3,32)33/h4-9,11-12,14-16,27H,10,13H2,1-3H3,(H,30,31). The minimum absolute atomic E-state index is 0.0207. The number of hydrogen-bond donors (Lipinski definition) is 2. The molecule has 9 nitrogen and oxygen atoms in total. The van der Waals surface area contributed by atoms with Gasteiger partial charge in [0.1, 0.15) is 11.6 Å². The van der Waals surface area contributed by atoms with Crippen molar-refractivity contribution < 1.29 is 23.1 Å². The van der Waals surface area contributed by atoms with Crippen molar-refractivity contribution in [1.29, 1.82) is 0 Å². The molecule has 2 N–H and O–H groups in total. The topological polar surface area (TPSA) is 115 Å². The van der Waals surface area contributed by atoms with Gasteiger partial charge in [0, 0.05) is 41.1 Å². The summed E-state index contributed by atoms with van der Waals surface area (Å²) in [5.41, 5.74) is 4.56. The molecule has 0 aliphatic rings. The number of carboxylic acid groups (broad SMARTS) is 1. The molecule has 4 aromatic rings. The van der Waals surface area contributed by atoms with E-state index in [1.54, 1.807) is 37.6 Å². The van der Waals surface area contributed by atoms with Crippen LogP contribution in [0, 0.1) is 6.92 Å². The van der Waals surface area contributed by atoms with Gasteiger partial charge in [-0.3, -0.25) is 9.52 Å². The number of nitrogens with one attached hydrogen (secondary N) is 1. The lowest BCUT2D eigenvalue weighted by molar-refractivity contribution is -0.136. The van der Waals surface area contributed by atoms with Crippen LogP contribution in [0.5, 0.6) is 5.75 Å². The fourth-order valence-electron chi connectivity index (χ4n) is 4.01. The lowest BCUT2D eigenvalue weighted by Crippen LogP contribution is -2.10. The van der Waals surface area contributed by atoms with Crippen molar-refractivity contribution in [1.82, 2.24) is 14.1 Å². The Morgan fingerprint density at radius 2 is 1.80 bits per heavy atom. The van der Waals surface area contributed by atoms with Gasteiger partial charge in [0.25, 0.3) is 0 Å². The van der Waals surface area contributed by atoms with Crippen molar-refractivity contribution in [2.45, 2.75) is 19.8 Å². The Labute approximate surface area is 203 Å². The Kier molecular flexibility index (Phi) is 6.65. The van der Waals surface area contributed by atoms with Crippen LogP contribution in [0.4, 0.5) is 5.69 Å². The van der Waals surface area contributed by atoms with Crippen molar-refractivity contribution >= 4 is 21.7 Å². The number of sulfonamides is 1. The summed E-state index contributed by atoms with van der Waals surface area (Å²) in [6, 6.07) is 16.6. The molecule has 0 atom stereocenters. The minimum Gasteiger partial charge on any atom is -0.496 e. The zero-order valence-electron chi connectivity index (χ0n) is 19.6. The molecule has 2 aromatic heterocycles. The van der Waals surface area contributed by atoms with E-state index >= 15 is 0 Å². The smallest absolute Gasteiger partial charge is 0.303 e. The number of benzene rings is 2. The van der Waals surface area contributed by atoms with Gasteiger partial charge in [-0.2, -0.15) is 0 Å². The van der Waals surface area contributed by atoms with Crippen LogP contribution in [0.1, 0.15) is 17.9 Å². The van der Waals surface area contributed by atoms with E-state index in [0.717, 1.165) is 40.4 Å². The maximum Gasteiger partial charge on any atom is 0.303 e. The van der Waals surface area contributed by atoms with Crippen molar-refractivity contribution in [3.63, 3.8) is 0 Å². The van der Waals surface area contributed by atoms with Gasteiger partial charge in [-0.05, 0) is 61.9 Å². The van der Waals surface area contributed by atoms with Crippen LogP contribution >= 0.6 is 0 Å². The molecule has 0 aliphatic carbocycles. The van der Waals surface area contributed by atoms with E-state index in [2.05, 4.69) is 9.71 Å². The van der Waals surface area contributed by atoms with Crippen LogP contribution in [-0.2, 0) is 21.2 Å². The van der Waals surface area contributed by atoms with E-state index in [4.69, 9.17) is 4.74 Å². The number of aryl methyl sites for hydroxylation is 2. The van der Waals surface area contributed by atoms with Crippen LogP contribution in [0.2, 0.25) is 0 Å². The first kappa shape index (κ1) is 24.1. The number of ether oxygens (including phenoxy) is 1. The summed E-state index contributed by atoms with van der Waals surface area (Å²) < 4.78 is 35.2. The second kappa shape index (κ2) is 9.67. The number of rotatable bonds is 9. The number of anilines is 1. The molecule has 0 radical (unpaired) electrons. The van der Waals surface area contributed by atoms with Gasteiger partial charge in [-0.15, -0.1) is 0 Å². The number of aliphatic carboxylic acids is 1. The van der Waals surface area contributed by atoms with Crippen molar-refractivity contribution in [2.75, 3.05) is 18.1 Å². The molecule has 0 bridgehead atoms. The van der Waals surface area contributed by atoms with E-state index in [9.17, 15) is 18.3 Å². The SMILES string of the molecule is COc1cc(-n2ccnc2C)ccc1-c1ccc(CCC(=O)O)n1-c1ccc(NS(C)(=O)=O)cc1. The molecular weight excluding hydrogens is 468 g/mol. The van der Waals surface area contributed by atoms with Crippen LogP contribution in [0.15, 0.2) is 67.0 Å². The number of carbonyl (C=O) groups is 1. The average Bonchev–Trinajstić information content (AvgIpc) is 3.43. The highest BCUT2D eigenvalue weighted by Gasteiger charge is 2.17. The van der Waals surface area contributed by atoms with Gasteiger partial charge in [-0.25, -0.2) is 13.4 Å². The van der Waals surface area contributed by atoms with Crippen molar-refractivity contribution in [3.05, 3.63) is 78.5 Å². The fourth-order valence-corrected chi connectivity index (χ4v) is 4.57. The van der Waals surface area contributed by atoms with Gasteiger partial charge in [0.05, 0.1) is 31.2 Å². The summed E-state index contributed by atoms with van der Waals surface area (Å²) in [6.07, 6.45) is 5.01. The first-order chi connectivity index (χ1) is 16.7. The monoisotopic (exact) mass is 494 g/mol. The maximum absolute atomic E-state index is 11.6. The molecule has 0 spiro atoms. The molecule has 2 aromatic carbocycles. The van der Waals surface area contributed by atoms with E-state index in [1.165, 1.54) is 0 Å². The van der Waals surface area contributed by atoms with Crippen LogP contribution in [0.25, 0.3) is 22.6 Å². The van der Waals surface area contributed by atoms with E-state index < -0.39 is 16.0 Å². The molecule has 35 heavy (non-hydrogen) atoms. The highest BCUT2D eigenvalue weighted by Crippen LogP contribution is 2.36. The number of methoxy groups -OCH3 is 1. The lowest BCUT2D eigenvalue weighted by Gasteiger charge is -2.17. The van der Waals surface area contributed by atoms with Gasteiger partial charge in [-0.1, -0.05) is 0 Å². The predicted octanol–water partition coefficient (Wildman–Crippen LogP) is 4.04. The zero-order valence-corrected chi connectivity index (χ0v) is 20.4. The van der Waals surface area contributed by atoms with Crippen molar-refractivity contribution in [2.24, 2.45) is 0 Å². The summed E-state index contributed by atoms with van der Waals surface area (Å²) in [7, 11) is -1.80. The Morgan fingerprint density at radius 3 is 2.40 bits per heavy atom. The average molecular weight is 495 g/mol. The summed E-state index contributed by atoms with van der Waals surface area (Å²) in [5, 5.41) is 9.23. The molecule has 10 heteroatoms. The summed E-state index contributed by atoms with van der Waals surface area (Å²) in [4.78, 5) is 15.5. The number of carboxylic acids is 1. The molecule has 2 heterocycles. The summed E-state index contributed by atoms with van der Waals surface area (Å²) in [6.45, 7) is 1.92. The van der Waals surface area contributed by atoms with Gasteiger partial charge in [0.2, 0.25) is 10.0 Å². The second-order valence-electron chi connectivity index (χ2n) is 8.09. The molecule has 4 rings (SSSR count). The Morgan fingerprint density at radius 1 is 1.09 bits per heavy atom. The molecule has 0 saturated heterocycles. The highest BCUT2D eigenvalue weighted by molar-refractivity contribution is 7.92. The summed E-state index contributed by atoms with van der Waals surface area (Å²) >= 11 is 0. The number of aromatic nitrogens is 3. The number of hydrogen-bond acceptors (Lipinski definition) is 5.